The first-order chi connectivity index (χ1) is 8.13. The summed E-state index contributed by atoms with van der Waals surface area (Å²) in [6.07, 6.45) is 0.326. The summed E-state index contributed by atoms with van der Waals surface area (Å²) in [4.78, 5) is 10.8. The highest BCUT2D eigenvalue weighted by atomic mass is 32.1. The Hall–Kier alpha value is -1.59. The van der Waals surface area contributed by atoms with Crippen LogP contribution in [0.5, 0.6) is 5.75 Å². The van der Waals surface area contributed by atoms with Crippen molar-refractivity contribution >= 4 is 27.4 Å². The van der Waals surface area contributed by atoms with E-state index in [2.05, 4.69) is 0 Å². The maximum atomic E-state index is 10.8. The van der Waals surface area contributed by atoms with Crippen LogP contribution in [0.1, 0.15) is 5.56 Å². The van der Waals surface area contributed by atoms with E-state index in [1.165, 1.54) is 0 Å². The van der Waals surface area contributed by atoms with Gasteiger partial charge in [0.05, 0.1) is 11.8 Å². The van der Waals surface area contributed by atoms with Gasteiger partial charge in [-0.2, -0.15) is 0 Å². The molecule has 17 heavy (non-hydrogen) atoms. The van der Waals surface area contributed by atoms with Crippen LogP contribution < -0.4 is 10.5 Å². The van der Waals surface area contributed by atoms with Crippen molar-refractivity contribution in [2.24, 2.45) is 5.73 Å². The van der Waals surface area contributed by atoms with Crippen molar-refractivity contribution in [2.45, 2.75) is 12.5 Å². The molecular weight excluding hydrogens is 238 g/mol. The lowest BCUT2D eigenvalue weighted by Crippen LogP contribution is -2.32. The number of thiophene rings is 1. The fourth-order valence-corrected chi connectivity index (χ4v) is 2.69. The molecule has 0 spiro atoms. The number of carboxylic acid groups (broad SMARTS) is 1. The highest BCUT2D eigenvalue weighted by molar-refractivity contribution is 7.17. The van der Waals surface area contributed by atoms with Crippen molar-refractivity contribution in [1.82, 2.24) is 0 Å². The molecule has 0 saturated carbocycles. The third-order valence-corrected chi connectivity index (χ3v) is 3.58. The van der Waals surface area contributed by atoms with Gasteiger partial charge in [-0.3, -0.25) is 4.79 Å². The fraction of sp³-hybridized carbons (Fsp3) is 0.250. The molecule has 3 N–H and O–H groups in total. The number of methoxy groups -OCH3 is 1. The molecule has 1 aromatic carbocycles. The van der Waals surface area contributed by atoms with Gasteiger partial charge >= 0.3 is 5.97 Å². The van der Waals surface area contributed by atoms with E-state index in [-0.39, 0.29) is 0 Å². The monoisotopic (exact) mass is 251 g/mol. The number of ether oxygens (including phenoxy) is 1. The molecule has 0 bridgehead atoms. The molecule has 0 fully saturated rings. The zero-order valence-electron chi connectivity index (χ0n) is 9.34. The molecular formula is C12H13NO3S. The molecule has 0 radical (unpaired) electrons. The zero-order valence-corrected chi connectivity index (χ0v) is 10.2. The summed E-state index contributed by atoms with van der Waals surface area (Å²) in [6, 6.07) is 4.82. The third kappa shape index (κ3) is 2.25. The second-order valence-corrected chi connectivity index (χ2v) is 4.66. The summed E-state index contributed by atoms with van der Waals surface area (Å²) in [6.45, 7) is 0. The van der Waals surface area contributed by atoms with E-state index in [4.69, 9.17) is 15.6 Å². The Morgan fingerprint density at radius 3 is 2.94 bits per heavy atom. The average molecular weight is 251 g/mol. The summed E-state index contributed by atoms with van der Waals surface area (Å²) >= 11 is 1.57. The van der Waals surface area contributed by atoms with E-state index >= 15 is 0 Å². The lowest BCUT2D eigenvalue weighted by molar-refractivity contribution is -0.138. The Morgan fingerprint density at radius 2 is 2.29 bits per heavy atom. The number of benzene rings is 1. The van der Waals surface area contributed by atoms with Gasteiger partial charge in [0.2, 0.25) is 0 Å². The topological polar surface area (TPSA) is 72.5 Å². The van der Waals surface area contributed by atoms with Crippen LogP contribution >= 0.6 is 11.3 Å². The molecule has 5 heteroatoms. The molecule has 1 unspecified atom stereocenters. The van der Waals surface area contributed by atoms with Crippen molar-refractivity contribution in [1.29, 1.82) is 0 Å². The standard InChI is InChI=1S/C12H13NO3S/c1-16-10-3-2-7(6-9(13)12(14)15)8-4-5-17-11(8)10/h2-5,9H,6,13H2,1H3,(H,14,15). The Balaban J connectivity index is 2.42. The summed E-state index contributed by atoms with van der Waals surface area (Å²) in [7, 11) is 1.62. The fourth-order valence-electron chi connectivity index (χ4n) is 1.76. The molecule has 4 nitrogen and oxygen atoms in total. The Kier molecular flexibility index (Phi) is 3.31. The normalized spacial score (nSPS) is 12.6. The van der Waals surface area contributed by atoms with Gasteiger partial charge in [0.15, 0.2) is 0 Å². The highest BCUT2D eigenvalue weighted by Gasteiger charge is 2.15. The van der Waals surface area contributed by atoms with Crippen molar-refractivity contribution < 1.29 is 14.6 Å². The number of nitrogens with two attached hydrogens (primary N) is 1. The summed E-state index contributed by atoms with van der Waals surface area (Å²) in [5, 5.41) is 11.8. The van der Waals surface area contributed by atoms with Gasteiger partial charge in [0.1, 0.15) is 11.8 Å². The van der Waals surface area contributed by atoms with E-state index in [0.29, 0.717) is 6.42 Å². The van der Waals surface area contributed by atoms with E-state index in [9.17, 15) is 4.79 Å². The smallest absolute Gasteiger partial charge is 0.320 e. The first-order valence-corrected chi connectivity index (χ1v) is 6.03. The molecule has 1 atom stereocenters. The molecule has 2 rings (SSSR count). The maximum absolute atomic E-state index is 10.8. The van der Waals surface area contributed by atoms with Crippen molar-refractivity contribution in [3.05, 3.63) is 29.1 Å². The average Bonchev–Trinajstić information content (AvgIpc) is 2.78. The molecule has 2 aromatic rings. The number of carbonyl (C=O) groups is 1. The lowest BCUT2D eigenvalue weighted by atomic mass is 10.0. The largest absolute Gasteiger partial charge is 0.495 e. The zero-order chi connectivity index (χ0) is 12.4. The predicted octanol–water partition coefficient (Wildman–Crippen LogP) is 1.86. The number of fused-ring (bicyclic) bond motifs is 1. The number of aliphatic carboxylic acids is 1. The van der Waals surface area contributed by atoms with E-state index < -0.39 is 12.0 Å². The summed E-state index contributed by atoms with van der Waals surface area (Å²) in [5.74, 6) is -0.174. The Bertz CT molecular complexity index is 550. The molecule has 1 aromatic heterocycles. The van der Waals surface area contributed by atoms with Crippen molar-refractivity contribution in [3.8, 4) is 5.75 Å². The molecule has 0 amide bonds. The maximum Gasteiger partial charge on any atom is 0.320 e. The second-order valence-electron chi connectivity index (χ2n) is 3.74. The van der Waals surface area contributed by atoms with Crippen LogP contribution in [0.25, 0.3) is 10.1 Å². The quantitative estimate of drug-likeness (QED) is 0.870. The Morgan fingerprint density at radius 1 is 1.53 bits per heavy atom. The number of hydrogen-bond acceptors (Lipinski definition) is 4. The number of rotatable bonds is 4. The third-order valence-electron chi connectivity index (χ3n) is 2.65. The van der Waals surface area contributed by atoms with Gasteiger partial charge in [0, 0.05) is 0 Å². The van der Waals surface area contributed by atoms with Gasteiger partial charge in [-0.25, -0.2) is 0 Å². The van der Waals surface area contributed by atoms with Gasteiger partial charge in [-0.15, -0.1) is 11.3 Å². The predicted molar refractivity (Wildman–Crippen MR) is 67.7 cm³/mol. The first kappa shape index (κ1) is 11.9. The van der Waals surface area contributed by atoms with Crippen LogP contribution in [0.15, 0.2) is 23.6 Å². The molecule has 0 saturated heterocycles. The van der Waals surface area contributed by atoms with E-state index in [1.54, 1.807) is 18.4 Å². The minimum Gasteiger partial charge on any atom is -0.495 e. The van der Waals surface area contributed by atoms with Crippen LogP contribution in [0.3, 0.4) is 0 Å². The molecule has 0 aliphatic heterocycles. The van der Waals surface area contributed by atoms with Crippen molar-refractivity contribution in [3.63, 3.8) is 0 Å². The highest BCUT2D eigenvalue weighted by Crippen LogP contribution is 2.33. The second kappa shape index (κ2) is 4.73. The van der Waals surface area contributed by atoms with Crippen LogP contribution in [-0.2, 0) is 11.2 Å². The molecule has 90 valence electrons. The minimum absolute atomic E-state index is 0.326. The van der Waals surface area contributed by atoms with Gasteiger partial charge in [0.25, 0.3) is 0 Å². The minimum atomic E-state index is -0.982. The molecule has 0 aliphatic carbocycles. The van der Waals surface area contributed by atoms with Crippen LogP contribution in [0, 0.1) is 0 Å². The lowest BCUT2D eigenvalue weighted by Gasteiger charge is -2.09. The summed E-state index contributed by atoms with van der Waals surface area (Å²) in [5.41, 5.74) is 6.49. The van der Waals surface area contributed by atoms with Crippen LogP contribution in [0.2, 0.25) is 0 Å². The van der Waals surface area contributed by atoms with E-state index in [0.717, 1.165) is 21.4 Å². The summed E-state index contributed by atoms with van der Waals surface area (Å²) < 4.78 is 6.29. The molecule has 1 heterocycles. The SMILES string of the molecule is COc1ccc(CC(N)C(=O)O)c2ccsc12. The van der Waals surface area contributed by atoms with Crippen LogP contribution in [-0.4, -0.2) is 24.2 Å². The first-order valence-electron chi connectivity index (χ1n) is 5.15. The number of carboxylic acids is 1. The van der Waals surface area contributed by atoms with Gasteiger partial charge in [-0.1, -0.05) is 6.07 Å². The Labute approximate surface area is 103 Å². The van der Waals surface area contributed by atoms with Gasteiger partial charge < -0.3 is 15.6 Å². The number of hydrogen-bond donors (Lipinski definition) is 2. The van der Waals surface area contributed by atoms with Crippen LogP contribution in [0.4, 0.5) is 0 Å². The van der Waals surface area contributed by atoms with Gasteiger partial charge in [-0.05, 0) is 34.9 Å². The molecule has 0 aliphatic rings. The van der Waals surface area contributed by atoms with E-state index in [1.807, 2.05) is 23.6 Å². The van der Waals surface area contributed by atoms with Crippen molar-refractivity contribution in [2.75, 3.05) is 7.11 Å².